The molecule has 2 aromatic rings. The molecular formula is C12H20N6O2S. The Labute approximate surface area is 124 Å². The lowest BCUT2D eigenvalue weighted by Crippen LogP contribution is -2.24. The molecular weight excluding hydrogens is 292 g/mol. The molecule has 0 aliphatic carbocycles. The standard InChI is InChI=1S/C12H20N6O2S/c1-13-5-3-7-18-10-12(9-15-18)21(19,20)16-8-11-4-6-14-17(11)2/h4,6,9-10,13,16H,3,5,7-8H2,1-2H3. The van der Waals surface area contributed by atoms with Gasteiger partial charge >= 0.3 is 0 Å². The van der Waals surface area contributed by atoms with Gasteiger partial charge in [0, 0.05) is 26.0 Å². The minimum absolute atomic E-state index is 0.175. The fourth-order valence-corrected chi connectivity index (χ4v) is 2.80. The molecule has 9 heteroatoms. The van der Waals surface area contributed by atoms with Gasteiger partial charge in [0.15, 0.2) is 0 Å². The van der Waals surface area contributed by atoms with E-state index in [-0.39, 0.29) is 11.4 Å². The minimum atomic E-state index is -3.55. The summed E-state index contributed by atoms with van der Waals surface area (Å²) in [5, 5.41) is 11.1. The molecule has 0 fully saturated rings. The average Bonchev–Trinajstić information content (AvgIpc) is 3.06. The van der Waals surface area contributed by atoms with Crippen molar-refractivity contribution >= 4 is 10.0 Å². The van der Waals surface area contributed by atoms with Crippen LogP contribution in [-0.4, -0.2) is 41.6 Å². The predicted octanol–water partition coefficient (Wildman–Crippen LogP) is -0.295. The molecule has 0 atom stereocenters. The highest BCUT2D eigenvalue weighted by atomic mass is 32.2. The number of aromatic nitrogens is 4. The van der Waals surface area contributed by atoms with E-state index < -0.39 is 10.0 Å². The summed E-state index contributed by atoms with van der Waals surface area (Å²) in [6.45, 7) is 1.74. The lowest BCUT2D eigenvalue weighted by molar-refractivity contribution is 0.559. The molecule has 0 aromatic carbocycles. The zero-order valence-electron chi connectivity index (χ0n) is 12.2. The molecule has 2 heterocycles. The van der Waals surface area contributed by atoms with Crippen LogP contribution >= 0.6 is 0 Å². The van der Waals surface area contributed by atoms with Crippen LogP contribution in [0.15, 0.2) is 29.6 Å². The monoisotopic (exact) mass is 312 g/mol. The first-order chi connectivity index (χ1) is 10.0. The van der Waals surface area contributed by atoms with Crippen molar-refractivity contribution in [3.63, 3.8) is 0 Å². The van der Waals surface area contributed by atoms with E-state index in [9.17, 15) is 8.42 Å². The molecule has 0 bridgehead atoms. The van der Waals surface area contributed by atoms with Crippen molar-refractivity contribution in [3.05, 3.63) is 30.4 Å². The number of sulfonamides is 1. The van der Waals surface area contributed by atoms with Crippen LogP contribution in [0.25, 0.3) is 0 Å². The molecule has 8 nitrogen and oxygen atoms in total. The Hall–Kier alpha value is -1.71. The van der Waals surface area contributed by atoms with E-state index in [1.165, 1.54) is 6.20 Å². The second-order valence-electron chi connectivity index (χ2n) is 4.67. The summed E-state index contributed by atoms with van der Waals surface area (Å²) in [6.07, 6.45) is 5.43. The number of nitrogens with zero attached hydrogens (tertiary/aromatic N) is 4. The molecule has 0 aliphatic heterocycles. The van der Waals surface area contributed by atoms with Gasteiger partial charge < -0.3 is 5.32 Å². The van der Waals surface area contributed by atoms with Gasteiger partial charge in [-0.2, -0.15) is 10.2 Å². The van der Waals surface area contributed by atoms with Gasteiger partial charge in [0.05, 0.1) is 18.4 Å². The molecule has 0 amide bonds. The fraction of sp³-hybridized carbons (Fsp3) is 0.500. The maximum Gasteiger partial charge on any atom is 0.244 e. The van der Waals surface area contributed by atoms with E-state index in [1.54, 1.807) is 34.9 Å². The van der Waals surface area contributed by atoms with Crippen LogP contribution in [0.2, 0.25) is 0 Å². The smallest absolute Gasteiger partial charge is 0.244 e. The van der Waals surface area contributed by atoms with Crippen LogP contribution in [0.4, 0.5) is 0 Å². The van der Waals surface area contributed by atoms with Gasteiger partial charge in [-0.3, -0.25) is 9.36 Å². The molecule has 0 saturated carbocycles. The molecule has 116 valence electrons. The number of nitrogens with one attached hydrogen (secondary N) is 2. The Kier molecular flexibility index (Phi) is 5.10. The Balaban J connectivity index is 1.97. The first-order valence-electron chi connectivity index (χ1n) is 6.66. The van der Waals surface area contributed by atoms with Crippen molar-refractivity contribution in [3.8, 4) is 0 Å². The highest BCUT2D eigenvalue weighted by molar-refractivity contribution is 7.89. The van der Waals surface area contributed by atoms with Gasteiger partial charge in [-0.05, 0) is 26.1 Å². The molecule has 2 rings (SSSR count). The summed E-state index contributed by atoms with van der Waals surface area (Å²) in [7, 11) is 0.0907. The SMILES string of the molecule is CNCCCn1cc(S(=O)(=O)NCc2ccnn2C)cn1. The Bertz CT molecular complexity index is 675. The third-order valence-electron chi connectivity index (χ3n) is 3.10. The maximum atomic E-state index is 12.2. The molecule has 0 spiro atoms. The number of aryl methyl sites for hydroxylation is 2. The van der Waals surface area contributed by atoms with Crippen LogP contribution in [0.5, 0.6) is 0 Å². The first-order valence-corrected chi connectivity index (χ1v) is 8.15. The number of hydrogen-bond acceptors (Lipinski definition) is 5. The van der Waals surface area contributed by atoms with E-state index in [0.717, 1.165) is 18.7 Å². The van der Waals surface area contributed by atoms with E-state index in [2.05, 4.69) is 20.2 Å². The molecule has 0 saturated heterocycles. The molecule has 0 aliphatic rings. The number of rotatable bonds is 8. The lowest BCUT2D eigenvalue weighted by Gasteiger charge is -2.05. The summed E-state index contributed by atoms with van der Waals surface area (Å²) < 4.78 is 30.2. The minimum Gasteiger partial charge on any atom is -0.320 e. The van der Waals surface area contributed by atoms with Crippen molar-refractivity contribution in [2.24, 2.45) is 7.05 Å². The van der Waals surface area contributed by atoms with Gasteiger partial charge in [-0.15, -0.1) is 0 Å². The Morgan fingerprint density at radius 1 is 1.33 bits per heavy atom. The van der Waals surface area contributed by atoms with Gasteiger partial charge in [-0.1, -0.05) is 0 Å². The van der Waals surface area contributed by atoms with E-state index in [0.29, 0.717) is 6.54 Å². The molecule has 0 radical (unpaired) electrons. The summed E-state index contributed by atoms with van der Waals surface area (Å²) in [5.41, 5.74) is 0.792. The molecule has 2 aromatic heterocycles. The Morgan fingerprint density at radius 2 is 2.14 bits per heavy atom. The topological polar surface area (TPSA) is 93.8 Å². The van der Waals surface area contributed by atoms with Crippen molar-refractivity contribution < 1.29 is 8.42 Å². The normalized spacial score (nSPS) is 11.9. The van der Waals surface area contributed by atoms with Crippen molar-refractivity contribution in [1.82, 2.24) is 29.6 Å². The fourth-order valence-electron chi connectivity index (χ4n) is 1.85. The van der Waals surface area contributed by atoms with Crippen LogP contribution in [-0.2, 0) is 30.2 Å². The molecule has 0 unspecified atom stereocenters. The van der Waals surface area contributed by atoms with Gasteiger partial charge in [-0.25, -0.2) is 13.1 Å². The zero-order valence-corrected chi connectivity index (χ0v) is 13.0. The maximum absolute atomic E-state index is 12.2. The summed E-state index contributed by atoms with van der Waals surface area (Å²) >= 11 is 0. The Morgan fingerprint density at radius 3 is 2.81 bits per heavy atom. The van der Waals surface area contributed by atoms with Crippen LogP contribution in [0.3, 0.4) is 0 Å². The van der Waals surface area contributed by atoms with Crippen LogP contribution in [0, 0.1) is 0 Å². The number of hydrogen-bond donors (Lipinski definition) is 2. The van der Waals surface area contributed by atoms with Crippen molar-refractivity contribution in [1.29, 1.82) is 0 Å². The van der Waals surface area contributed by atoms with Gasteiger partial charge in [0.1, 0.15) is 4.90 Å². The third kappa shape index (κ3) is 4.13. The highest BCUT2D eigenvalue weighted by Crippen LogP contribution is 2.08. The summed E-state index contributed by atoms with van der Waals surface area (Å²) in [5.74, 6) is 0. The van der Waals surface area contributed by atoms with E-state index in [1.807, 2.05) is 7.05 Å². The second-order valence-corrected chi connectivity index (χ2v) is 6.43. The summed E-state index contributed by atoms with van der Waals surface area (Å²) in [4.78, 5) is 0.175. The predicted molar refractivity (Wildman–Crippen MR) is 78.0 cm³/mol. The van der Waals surface area contributed by atoms with Crippen LogP contribution < -0.4 is 10.0 Å². The third-order valence-corrected chi connectivity index (χ3v) is 4.46. The van der Waals surface area contributed by atoms with Gasteiger partial charge in [0.25, 0.3) is 0 Å². The summed E-state index contributed by atoms with van der Waals surface area (Å²) in [6, 6.07) is 1.77. The van der Waals surface area contributed by atoms with E-state index in [4.69, 9.17) is 0 Å². The molecule has 21 heavy (non-hydrogen) atoms. The lowest BCUT2D eigenvalue weighted by atomic mass is 10.4. The van der Waals surface area contributed by atoms with Crippen molar-refractivity contribution in [2.75, 3.05) is 13.6 Å². The quantitative estimate of drug-likeness (QED) is 0.653. The first kappa shape index (κ1) is 15.7. The van der Waals surface area contributed by atoms with E-state index >= 15 is 0 Å². The van der Waals surface area contributed by atoms with Gasteiger partial charge in [0.2, 0.25) is 10.0 Å². The zero-order chi connectivity index (χ0) is 15.3. The van der Waals surface area contributed by atoms with Crippen molar-refractivity contribution in [2.45, 2.75) is 24.4 Å². The molecule has 2 N–H and O–H groups in total. The average molecular weight is 312 g/mol. The second kappa shape index (κ2) is 6.83. The highest BCUT2D eigenvalue weighted by Gasteiger charge is 2.16. The van der Waals surface area contributed by atoms with Crippen LogP contribution in [0.1, 0.15) is 12.1 Å². The largest absolute Gasteiger partial charge is 0.320 e.